The van der Waals surface area contributed by atoms with E-state index in [0.717, 1.165) is 44.2 Å². The summed E-state index contributed by atoms with van der Waals surface area (Å²) in [6, 6.07) is 6.97. The smallest absolute Gasteiger partial charge is 0.134 e. The molecule has 0 amide bonds. The number of nitrogens with one attached hydrogen (secondary N) is 1. The molecule has 3 rings (SSSR count). The molecule has 1 atom stereocenters. The largest absolute Gasteiger partial charge is 0.396 e. The Morgan fingerprint density at radius 2 is 2.24 bits per heavy atom. The van der Waals surface area contributed by atoms with E-state index < -0.39 is 0 Å². The fourth-order valence-corrected chi connectivity index (χ4v) is 3.96. The molecule has 0 saturated carbocycles. The summed E-state index contributed by atoms with van der Waals surface area (Å²) in [6.45, 7) is 8.16. The van der Waals surface area contributed by atoms with E-state index in [1.165, 1.54) is 4.88 Å². The number of piperazine rings is 1. The van der Waals surface area contributed by atoms with Crippen molar-refractivity contribution in [2.45, 2.75) is 38.9 Å². The number of aliphatic hydroxyl groups is 1. The molecule has 0 aromatic carbocycles. The summed E-state index contributed by atoms with van der Waals surface area (Å²) in [7, 11) is 0. The molecule has 6 nitrogen and oxygen atoms in total. The molecular weight excluding hydrogens is 334 g/mol. The molecule has 3 heterocycles. The van der Waals surface area contributed by atoms with E-state index in [9.17, 15) is 5.11 Å². The Bertz CT molecular complexity index is 649. The monoisotopic (exact) mass is 361 g/mol. The van der Waals surface area contributed by atoms with E-state index in [4.69, 9.17) is 0 Å². The van der Waals surface area contributed by atoms with Gasteiger partial charge < -0.3 is 15.3 Å². The summed E-state index contributed by atoms with van der Waals surface area (Å²) in [4.78, 5) is 14.9. The van der Waals surface area contributed by atoms with Gasteiger partial charge in [-0.05, 0) is 31.7 Å². The van der Waals surface area contributed by atoms with Gasteiger partial charge in [0.1, 0.15) is 18.0 Å². The lowest BCUT2D eigenvalue weighted by molar-refractivity contribution is 0.136. The molecule has 0 spiro atoms. The molecule has 1 aliphatic heterocycles. The van der Waals surface area contributed by atoms with Gasteiger partial charge in [-0.2, -0.15) is 0 Å². The fourth-order valence-electron chi connectivity index (χ4n) is 3.23. The normalized spacial score (nSPS) is 18.7. The van der Waals surface area contributed by atoms with Gasteiger partial charge in [0.25, 0.3) is 0 Å². The van der Waals surface area contributed by atoms with E-state index in [-0.39, 0.29) is 6.61 Å². The number of aliphatic hydroxyl groups excluding tert-OH is 1. The molecule has 2 N–H and O–H groups in total. The second-order valence-electron chi connectivity index (χ2n) is 6.72. The Morgan fingerprint density at radius 1 is 1.36 bits per heavy atom. The lowest BCUT2D eigenvalue weighted by Crippen LogP contribution is -2.53. The van der Waals surface area contributed by atoms with Gasteiger partial charge in [-0.25, -0.2) is 9.97 Å². The van der Waals surface area contributed by atoms with Gasteiger partial charge in [-0.15, -0.1) is 11.3 Å². The van der Waals surface area contributed by atoms with Crippen molar-refractivity contribution in [3.8, 4) is 0 Å². The van der Waals surface area contributed by atoms with Crippen molar-refractivity contribution in [1.82, 2.24) is 14.9 Å². The van der Waals surface area contributed by atoms with Gasteiger partial charge in [-0.3, -0.25) is 4.90 Å². The zero-order valence-electron chi connectivity index (χ0n) is 14.9. The standard InChI is InChI=1S/C18H27N5OS/c1-14(2)21-17-10-18(20-13-19-17)23-7-6-22(15(11-23)5-8-24)12-16-4-3-9-25-16/h3-4,9-10,13-15,24H,5-8,11-12H2,1-2H3,(H,19,20,21)/t15-/m0/s1. The highest BCUT2D eigenvalue weighted by Crippen LogP contribution is 2.23. The summed E-state index contributed by atoms with van der Waals surface area (Å²) in [5.41, 5.74) is 0. The highest BCUT2D eigenvalue weighted by molar-refractivity contribution is 7.09. The van der Waals surface area contributed by atoms with Crippen LogP contribution in [0, 0.1) is 0 Å². The lowest BCUT2D eigenvalue weighted by Gasteiger charge is -2.41. The van der Waals surface area contributed by atoms with Crippen molar-refractivity contribution in [2.75, 3.05) is 36.5 Å². The van der Waals surface area contributed by atoms with Crippen molar-refractivity contribution in [2.24, 2.45) is 0 Å². The third-order valence-electron chi connectivity index (χ3n) is 4.42. The summed E-state index contributed by atoms with van der Waals surface area (Å²) in [6.07, 6.45) is 2.41. The Kier molecular flexibility index (Phi) is 6.23. The number of rotatable bonds is 7. The van der Waals surface area contributed by atoms with Crippen LogP contribution in [0.15, 0.2) is 29.9 Å². The number of nitrogens with zero attached hydrogens (tertiary/aromatic N) is 4. The first-order valence-corrected chi connectivity index (χ1v) is 9.74. The molecule has 0 bridgehead atoms. The van der Waals surface area contributed by atoms with Crippen molar-refractivity contribution >= 4 is 23.0 Å². The van der Waals surface area contributed by atoms with E-state index in [1.807, 2.05) is 6.07 Å². The molecule has 1 aliphatic rings. The average Bonchev–Trinajstić information content (AvgIpc) is 3.09. The van der Waals surface area contributed by atoms with Crippen LogP contribution in [0.25, 0.3) is 0 Å². The van der Waals surface area contributed by atoms with Gasteiger partial charge in [0, 0.05) is 55.8 Å². The molecule has 2 aromatic rings. The molecule has 25 heavy (non-hydrogen) atoms. The number of anilines is 2. The zero-order valence-corrected chi connectivity index (χ0v) is 15.7. The van der Waals surface area contributed by atoms with Crippen LogP contribution >= 0.6 is 11.3 Å². The van der Waals surface area contributed by atoms with E-state index >= 15 is 0 Å². The van der Waals surface area contributed by atoms with Crippen LogP contribution in [0.5, 0.6) is 0 Å². The van der Waals surface area contributed by atoms with E-state index in [0.29, 0.717) is 12.1 Å². The van der Waals surface area contributed by atoms with Crippen LogP contribution in [0.2, 0.25) is 0 Å². The molecule has 136 valence electrons. The molecule has 7 heteroatoms. The Morgan fingerprint density at radius 3 is 2.96 bits per heavy atom. The average molecular weight is 362 g/mol. The molecule has 1 fully saturated rings. The van der Waals surface area contributed by atoms with Gasteiger partial charge in [0.05, 0.1) is 0 Å². The van der Waals surface area contributed by atoms with Gasteiger partial charge >= 0.3 is 0 Å². The maximum atomic E-state index is 9.48. The highest BCUT2D eigenvalue weighted by Gasteiger charge is 2.27. The minimum atomic E-state index is 0.212. The van der Waals surface area contributed by atoms with Crippen LogP contribution in [0.4, 0.5) is 11.6 Å². The Hall–Kier alpha value is -1.70. The number of hydrogen-bond donors (Lipinski definition) is 2. The molecule has 1 saturated heterocycles. The van der Waals surface area contributed by atoms with Crippen LogP contribution in [0.1, 0.15) is 25.1 Å². The first kappa shape index (κ1) is 18.1. The zero-order chi connectivity index (χ0) is 17.6. The van der Waals surface area contributed by atoms with Gasteiger partial charge in [0.15, 0.2) is 0 Å². The van der Waals surface area contributed by atoms with Crippen molar-refractivity contribution in [1.29, 1.82) is 0 Å². The maximum Gasteiger partial charge on any atom is 0.134 e. The molecule has 0 unspecified atom stereocenters. The molecule has 0 radical (unpaired) electrons. The molecule has 0 aliphatic carbocycles. The predicted molar refractivity (Wildman–Crippen MR) is 103 cm³/mol. The second kappa shape index (κ2) is 8.60. The van der Waals surface area contributed by atoms with E-state index in [2.05, 4.69) is 56.4 Å². The maximum absolute atomic E-state index is 9.48. The first-order chi connectivity index (χ1) is 12.2. The number of aromatic nitrogens is 2. The van der Waals surface area contributed by atoms with Crippen LogP contribution in [-0.4, -0.2) is 58.3 Å². The summed E-state index contributed by atoms with van der Waals surface area (Å²) in [5.74, 6) is 1.82. The second-order valence-corrected chi connectivity index (χ2v) is 7.75. The quantitative estimate of drug-likeness (QED) is 0.790. The highest BCUT2D eigenvalue weighted by atomic mass is 32.1. The third kappa shape index (κ3) is 4.90. The van der Waals surface area contributed by atoms with Crippen molar-refractivity contribution in [3.63, 3.8) is 0 Å². The van der Waals surface area contributed by atoms with Crippen molar-refractivity contribution < 1.29 is 5.11 Å². The number of hydrogen-bond acceptors (Lipinski definition) is 7. The van der Waals surface area contributed by atoms with E-state index in [1.54, 1.807) is 17.7 Å². The fraction of sp³-hybridized carbons (Fsp3) is 0.556. The minimum Gasteiger partial charge on any atom is -0.396 e. The minimum absolute atomic E-state index is 0.212. The van der Waals surface area contributed by atoms with Crippen molar-refractivity contribution in [3.05, 3.63) is 34.8 Å². The molecular formula is C18H27N5OS. The van der Waals surface area contributed by atoms with Crippen LogP contribution < -0.4 is 10.2 Å². The molecule has 2 aromatic heterocycles. The summed E-state index contributed by atoms with van der Waals surface area (Å²) < 4.78 is 0. The Balaban J connectivity index is 1.68. The van der Waals surface area contributed by atoms with Crippen LogP contribution in [0.3, 0.4) is 0 Å². The van der Waals surface area contributed by atoms with Crippen LogP contribution in [-0.2, 0) is 6.54 Å². The Labute approximate surface area is 153 Å². The summed E-state index contributed by atoms with van der Waals surface area (Å²) in [5, 5.41) is 14.9. The topological polar surface area (TPSA) is 64.5 Å². The summed E-state index contributed by atoms with van der Waals surface area (Å²) >= 11 is 1.79. The van der Waals surface area contributed by atoms with Gasteiger partial charge in [-0.1, -0.05) is 6.07 Å². The SMILES string of the molecule is CC(C)Nc1cc(N2CCN(Cc3cccs3)[C@@H](CCO)C2)ncn1. The third-order valence-corrected chi connectivity index (χ3v) is 5.28. The predicted octanol–water partition coefficient (Wildman–Crippen LogP) is 2.43. The first-order valence-electron chi connectivity index (χ1n) is 8.86. The lowest BCUT2D eigenvalue weighted by atomic mass is 10.1. The number of thiophene rings is 1. The van der Waals surface area contributed by atoms with Gasteiger partial charge in [0.2, 0.25) is 0 Å².